The molecule has 6 heteroatoms. The van der Waals surface area contributed by atoms with Crippen molar-refractivity contribution in [2.45, 2.75) is 33.3 Å². The van der Waals surface area contributed by atoms with Crippen LogP contribution in [0, 0.1) is 11.3 Å². The van der Waals surface area contributed by atoms with Crippen LogP contribution in [-0.2, 0) is 9.68 Å². The molecule has 15 heavy (non-hydrogen) atoms. The van der Waals surface area contributed by atoms with Crippen LogP contribution in [0.3, 0.4) is 0 Å². The van der Waals surface area contributed by atoms with Crippen molar-refractivity contribution in [1.29, 1.82) is 5.26 Å². The summed E-state index contributed by atoms with van der Waals surface area (Å²) in [6.07, 6.45) is 0.705. The predicted octanol–water partition coefficient (Wildman–Crippen LogP) is 0.990. The maximum absolute atomic E-state index is 8.69. The van der Waals surface area contributed by atoms with Crippen molar-refractivity contribution in [3.05, 3.63) is 0 Å². The van der Waals surface area contributed by atoms with Crippen LogP contribution in [0.5, 0.6) is 0 Å². The van der Waals surface area contributed by atoms with Gasteiger partial charge in [-0.15, -0.1) is 0 Å². The Morgan fingerprint density at radius 3 is 2.60 bits per heavy atom. The zero-order chi connectivity index (χ0) is 11.7. The molecule has 0 aliphatic heterocycles. The summed E-state index contributed by atoms with van der Waals surface area (Å²) in [5, 5.41) is 15.8. The monoisotopic (exact) mass is 212 g/mol. The van der Waals surface area contributed by atoms with E-state index < -0.39 is 0 Å². The maximum Gasteiger partial charge on any atom is 0.224 e. The molecule has 0 unspecified atom stereocenters. The number of nitrogens with zero attached hydrogens (tertiary/aromatic N) is 3. The van der Waals surface area contributed by atoms with Crippen molar-refractivity contribution >= 4 is 11.5 Å². The molecular formula is C9H16N4O2. The van der Waals surface area contributed by atoms with Crippen molar-refractivity contribution in [2.75, 3.05) is 6.61 Å². The van der Waals surface area contributed by atoms with E-state index in [1.54, 1.807) is 19.9 Å². The standard InChI is InChI=1S/C9H16N4O2/c1-4-5-14-13-9(11)8(6-10)12-15-7(2)3/h7H,4-5H2,1-3H3,(H2,11,13). The molecule has 84 valence electrons. The van der Waals surface area contributed by atoms with E-state index in [0.29, 0.717) is 6.61 Å². The van der Waals surface area contributed by atoms with Crippen LogP contribution in [0.1, 0.15) is 27.2 Å². The predicted molar refractivity (Wildman–Crippen MR) is 57.1 cm³/mol. The van der Waals surface area contributed by atoms with E-state index in [2.05, 4.69) is 10.3 Å². The van der Waals surface area contributed by atoms with E-state index in [4.69, 9.17) is 20.7 Å². The quantitative estimate of drug-likeness (QED) is 0.307. The lowest BCUT2D eigenvalue weighted by atomic mass is 10.4. The number of rotatable bonds is 6. The molecular weight excluding hydrogens is 196 g/mol. The van der Waals surface area contributed by atoms with Gasteiger partial charge < -0.3 is 15.4 Å². The molecule has 0 rings (SSSR count). The van der Waals surface area contributed by atoms with Gasteiger partial charge in [-0.2, -0.15) is 5.26 Å². The Labute approximate surface area is 89.3 Å². The Bertz CT molecular complexity index is 278. The molecule has 0 saturated heterocycles. The van der Waals surface area contributed by atoms with Crippen LogP contribution in [0.25, 0.3) is 0 Å². The first kappa shape index (κ1) is 13.2. The molecule has 0 radical (unpaired) electrons. The molecule has 2 N–H and O–H groups in total. The Morgan fingerprint density at radius 2 is 2.13 bits per heavy atom. The average molecular weight is 212 g/mol. The largest absolute Gasteiger partial charge is 0.394 e. The van der Waals surface area contributed by atoms with E-state index in [0.717, 1.165) is 6.42 Å². The molecule has 0 bridgehead atoms. The van der Waals surface area contributed by atoms with Crippen LogP contribution in [0.4, 0.5) is 0 Å². The fraction of sp³-hybridized carbons (Fsp3) is 0.667. The lowest BCUT2D eigenvalue weighted by Crippen LogP contribution is -2.23. The third kappa shape index (κ3) is 6.32. The van der Waals surface area contributed by atoms with Gasteiger partial charge in [0.15, 0.2) is 0 Å². The summed E-state index contributed by atoms with van der Waals surface area (Å²) in [6.45, 7) is 5.97. The second-order valence-electron chi connectivity index (χ2n) is 3.02. The van der Waals surface area contributed by atoms with Crippen LogP contribution in [0.15, 0.2) is 10.3 Å². The third-order valence-corrected chi connectivity index (χ3v) is 1.16. The maximum atomic E-state index is 8.69. The first-order valence-corrected chi connectivity index (χ1v) is 4.71. The minimum absolute atomic E-state index is 0.0772. The minimum atomic E-state index is -0.113. The van der Waals surface area contributed by atoms with Gasteiger partial charge in [-0.25, -0.2) is 0 Å². The summed E-state index contributed by atoms with van der Waals surface area (Å²) in [6, 6.07) is 1.77. The van der Waals surface area contributed by atoms with E-state index in [1.165, 1.54) is 0 Å². The second-order valence-corrected chi connectivity index (χ2v) is 3.02. The molecule has 0 amide bonds. The Kier molecular flexibility index (Phi) is 6.72. The van der Waals surface area contributed by atoms with Crippen LogP contribution >= 0.6 is 0 Å². The summed E-state index contributed by atoms with van der Waals surface area (Å²) < 4.78 is 0. The number of nitriles is 1. The van der Waals surface area contributed by atoms with Gasteiger partial charge in [-0.1, -0.05) is 17.2 Å². The smallest absolute Gasteiger partial charge is 0.224 e. The molecule has 0 aromatic carbocycles. The van der Waals surface area contributed by atoms with Crippen molar-refractivity contribution in [2.24, 2.45) is 16.0 Å². The van der Waals surface area contributed by atoms with Crippen molar-refractivity contribution in [3.63, 3.8) is 0 Å². The van der Waals surface area contributed by atoms with Crippen molar-refractivity contribution < 1.29 is 9.68 Å². The Balaban J connectivity index is 4.34. The van der Waals surface area contributed by atoms with Gasteiger partial charge in [0.05, 0.1) is 0 Å². The molecule has 0 saturated carbocycles. The highest BCUT2D eigenvalue weighted by atomic mass is 16.6. The SMILES string of the molecule is CCCON=C(N)C(C#N)=NOC(C)C. The first-order chi connectivity index (χ1) is 7.11. The second kappa shape index (κ2) is 7.62. The lowest BCUT2D eigenvalue weighted by molar-refractivity contribution is 0.0866. The lowest BCUT2D eigenvalue weighted by Gasteiger charge is -2.02. The van der Waals surface area contributed by atoms with Crippen molar-refractivity contribution in [3.8, 4) is 6.07 Å². The van der Waals surface area contributed by atoms with Gasteiger partial charge in [-0.05, 0) is 20.3 Å². The summed E-state index contributed by atoms with van der Waals surface area (Å²) in [7, 11) is 0. The van der Waals surface area contributed by atoms with Gasteiger partial charge >= 0.3 is 0 Å². The van der Waals surface area contributed by atoms with Gasteiger partial charge in [0.1, 0.15) is 18.8 Å². The number of hydrogen-bond donors (Lipinski definition) is 1. The van der Waals surface area contributed by atoms with Gasteiger partial charge in [0.2, 0.25) is 11.5 Å². The summed E-state index contributed by atoms with van der Waals surface area (Å²) in [5.74, 6) is -0.0772. The topological polar surface area (TPSA) is 93.0 Å². The van der Waals surface area contributed by atoms with E-state index >= 15 is 0 Å². The Morgan fingerprint density at radius 1 is 1.47 bits per heavy atom. The molecule has 0 aliphatic carbocycles. The van der Waals surface area contributed by atoms with Crippen LogP contribution < -0.4 is 5.73 Å². The first-order valence-electron chi connectivity index (χ1n) is 4.71. The normalized spacial score (nSPS) is 12.5. The number of oxime groups is 2. The highest BCUT2D eigenvalue weighted by Crippen LogP contribution is 1.91. The van der Waals surface area contributed by atoms with Crippen LogP contribution in [0.2, 0.25) is 0 Å². The van der Waals surface area contributed by atoms with Gasteiger partial charge in [-0.3, -0.25) is 0 Å². The van der Waals surface area contributed by atoms with E-state index in [1.807, 2.05) is 6.92 Å². The molecule has 0 atom stereocenters. The van der Waals surface area contributed by atoms with Crippen LogP contribution in [-0.4, -0.2) is 24.3 Å². The van der Waals surface area contributed by atoms with Crippen molar-refractivity contribution in [1.82, 2.24) is 0 Å². The molecule has 0 heterocycles. The van der Waals surface area contributed by atoms with Gasteiger partial charge in [0.25, 0.3) is 0 Å². The molecule has 0 aromatic heterocycles. The zero-order valence-electron chi connectivity index (χ0n) is 9.23. The molecule has 0 aromatic rings. The fourth-order valence-corrected chi connectivity index (χ4v) is 0.532. The molecule has 0 fully saturated rings. The highest BCUT2D eigenvalue weighted by molar-refractivity contribution is 6.46. The average Bonchev–Trinajstić information content (AvgIpc) is 2.18. The summed E-state index contributed by atoms with van der Waals surface area (Å²) in [5.41, 5.74) is 5.36. The molecule has 0 aliphatic rings. The fourth-order valence-electron chi connectivity index (χ4n) is 0.532. The Hall–Kier alpha value is -1.77. The van der Waals surface area contributed by atoms with E-state index in [-0.39, 0.29) is 17.7 Å². The molecule has 6 nitrogen and oxygen atoms in total. The summed E-state index contributed by atoms with van der Waals surface area (Å²) in [4.78, 5) is 9.68. The minimum Gasteiger partial charge on any atom is -0.394 e. The number of amidine groups is 1. The number of hydrogen-bond acceptors (Lipinski definition) is 5. The third-order valence-electron chi connectivity index (χ3n) is 1.16. The number of nitrogens with two attached hydrogens (primary N) is 1. The molecule has 0 spiro atoms. The summed E-state index contributed by atoms with van der Waals surface area (Å²) >= 11 is 0. The highest BCUT2D eigenvalue weighted by Gasteiger charge is 2.06. The van der Waals surface area contributed by atoms with E-state index in [9.17, 15) is 0 Å². The van der Waals surface area contributed by atoms with Gasteiger partial charge in [0, 0.05) is 0 Å². The zero-order valence-corrected chi connectivity index (χ0v) is 9.23.